The van der Waals surface area contributed by atoms with Crippen molar-refractivity contribution in [2.24, 2.45) is 5.73 Å². The van der Waals surface area contributed by atoms with Gasteiger partial charge in [-0.25, -0.2) is 9.69 Å². The molecule has 1 aliphatic heterocycles. The van der Waals surface area contributed by atoms with Gasteiger partial charge in [0.2, 0.25) is 17.7 Å². The summed E-state index contributed by atoms with van der Waals surface area (Å²) in [6.07, 6.45) is -0.0724. The van der Waals surface area contributed by atoms with Gasteiger partial charge in [-0.05, 0) is 40.8 Å². The standard InChI is InChI=1S/C16H19IN4O5/c1-26-12-3-2-10(17)8-11(12)20-7-6-15(24)21(16(20)25)9-19-14(23)5-4-13(18)22/h2-3,8H,4-7,9H2,1H3,(H2,18,22)(H,19,23). The third-order valence-corrected chi connectivity index (χ3v) is 4.45. The number of benzene rings is 1. The molecular formula is C16H19IN4O5. The molecule has 5 amide bonds. The number of methoxy groups -OCH3 is 1. The molecule has 0 bridgehead atoms. The Labute approximate surface area is 164 Å². The summed E-state index contributed by atoms with van der Waals surface area (Å²) in [5.41, 5.74) is 5.55. The minimum absolute atomic E-state index is 0.0973. The molecular weight excluding hydrogens is 455 g/mol. The first-order valence-electron chi connectivity index (χ1n) is 7.84. The van der Waals surface area contributed by atoms with Gasteiger partial charge in [-0.15, -0.1) is 0 Å². The predicted octanol–water partition coefficient (Wildman–Crippen LogP) is 0.798. The molecule has 0 spiro atoms. The molecule has 26 heavy (non-hydrogen) atoms. The van der Waals surface area contributed by atoms with Gasteiger partial charge in [0.05, 0.1) is 12.8 Å². The highest BCUT2D eigenvalue weighted by molar-refractivity contribution is 14.1. The summed E-state index contributed by atoms with van der Waals surface area (Å²) < 4.78 is 6.21. The quantitative estimate of drug-likeness (QED) is 0.567. The molecule has 140 valence electrons. The number of halogens is 1. The van der Waals surface area contributed by atoms with Crippen LogP contribution in [0.15, 0.2) is 18.2 Å². The van der Waals surface area contributed by atoms with Crippen molar-refractivity contribution in [3.63, 3.8) is 0 Å². The van der Waals surface area contributed by atoms with E-state index in [2.05, 4.69) is 27.9 Å². The molecule has 1 fully saturated rings. The third kappa shape index (κ3) is 4.84. The van der Waals surface area contributed by atoms with Crippen molar-refractivity contribution in [1.29, 1.82) is 0 Å². The van der Waals surface area contributed by atoms with Gasteiger partial charge in [-0.2, -0.15) is 0 Å². The Morgan fingerprint density at radius 3 is 2.69 bits per heavy atom. The molecule has 0 atom stereocenters. The van der Waals surface area contributed by atoms with Gasteiger partial charge >= 0.3 is 6.03 Å². The zero-order valence-corrected chi connectivity index (χ0v) is 16.3. The van der Waals surface area contributed by atoms with Crippen LogP contribution in [0.2, 0.25) is 0 Å². The van der Waals surface area contributed by atoms with Crippen molar-refractivity contribution in [2.45, 2.75) is 19.3 Å². The lowest BCUT2D eigenvalue weighted by atomic mass is 10.2. The van der Waals surface area contributed by atoms with Crippen LogP contribution in [-0.2, 0) is 14.4 Å². The maximum atomic E-state index is 12.7. The van der Waals surface area contributed by atoms with Crippen LogP contribution < -0.4 is 20.7 Å². The van der Waals surface area contributed by atoms with Crippen LogP contribution in [-0.4, -0.2) is 49.0 Å². The summed E-state index contributed by atoms with van der Waals surface area (Å²) in [6.45, 7) is -0.0434. The Balaban J connectivity index is 2.10. The number of anilines is 1. The first-order valence-corrected chi connectivity index (χ1v) is 8.91. The van der Waals surface area contributed by atoms with Crippen molar-refractivity contribution < 1.29 is 23.9 Å². The van der Waals surface area contributed by atoms with Crippen molar-refractivity contribution >= 4 is 52.0 Å². The normalized spacial score (nSPS) is 14.4. The molecule has 1 aliphatic rings. The number of hydrogen-bond acceptors (Lipinski definition) is 5. The molecule has 0 saturated carbocycles. The average Bonchev–Trinajstić information content (AvgIpc) is 2.60. The number of rotatable bonds is 7. The SMILES string of the molecule is COc1ccc(I)cc1N1CCC(=O)N(CNC(=O)CCC(N)=O)C1=O. The summed E-state index contributed by atoms with van der Waals surface area (Å²) in [6, 6.07) is 4.84. The van der Waals surface area contributed by atoms with Crippen molar-refractivity contribution in [3.05, 3.63) is 21.8 Å². The molecule has 0 radical (unpaired) electrons. The van der Waals surface area contributed by atoms with Gasteiger partial charge in [0.15, 0.2) is 0 Å². The molecule has 2 rings (SSSR count). The highest BCUT2D eigenvalue weighted by Crippen LogP contribution is 2.32. The van der Waals surface area contributed by atoms with Crippen LogP contribution in [0.25, 0.3) is 0 Å². The number of carbonyl (C=O) groups is 4. The van der Waals surface area contributed by atoms with Gasteiger partial charge in [0, 0.05) is 29.4 Å². The number of urea groups is 1. The minimum Gasteiger partial charge on any atom is -0.495 e. The Bertz CT molecular complexity index is 739. The zero-order valence-electron chi connectivity index (χ0n) is 14.2. The Morgan fingerprint density at radius 1 is 1.31 bits per heavy atom. The highest BCUT2D eigenvalue weighted by atomic mass is 127. The zero-order chi connectivity index (χ0) is 19.3. The second-order valence-electron chi connectivity index (χ2n) is 5.55. The second-order valence-corrected chi connectivity index (χ2v) is 6.79. The fourth-order valence-electron chi connectivity index (χ4n) is 2.44. The topological polar surface area (TPSA) is 122 Å². The number of carbonyl (C=O) groups excluding carboxylic acids is 4. The first-order chi connectivity index (χ1) is 12.3. The number of imide groups is 1. The lowest BCUT2D eigenvalue weighted by Crippen LogP contribution is -2.55. The van der Waals surface area contributed by atoms with Crippen LogP contribution in [0.3, 0.4) is 0 Å². The van der Waals surface area contributed by atoms with E-state index in [4.69, 9.17) is 10.5 Å². The molecule has 9 nitrogen and oxygen atoms in total. The minimum atomic E-state index is -0.595. The summed E-state index contributed by atoms with van der Waals surface area (Å²) in [5, 5.41) is 2.46. The van der Waals surface area contributed by atoms with E-state index in [-0.39, 0.29) is 38.4 Å². The summed E-state index contributed by atoms with van der Waals surface area (Å²) in [4.78, 5) is 49.7. The largest absolute Gasteiger partial charge is 0.495 e. The van der Waals surface area contributed by atoms with E-state index in [9.17, 15) is 19.2 Å². The number of nitrogens with two attached hydrogens (primary N) is 1. The molecule has 0 aromatic heterocycles. The van der Waals surface area contributed by atoms with Crippen LogP contribution in [0, 0.1) is 3.57 Å². The van der Waals surface area contributed by atoms with E-state index >= 15 is 0 Å². The fraction of sp³-hybridized carbons (Fsp3) is 0.375. The summed E-state index contributed by atoms with van der Waals surface area (Å²) in [7, 11) is 1.50. The fourth-order valence-corrected chi connectivity index (χ4v) is 2.91. The van der Waals surface area contributed by atoms with Gasteiger partial charge in [-0.3, -0.25) is 19.3 Å². The maximum absolute atomic E-state index is 12.7. The van der Waals surface area contributed by atoms with E-state index in [1.54, 1.807) is 12.1 Å². The molecule has 1 aromatic carbocycles. The van der Waals surface area contributed by atoms with Gasteiger partial charge < -0.3 is 15.8 Å². The van der Waals surface area contributed by atoms with Crippen LogP contribution in [0.5, 0.6) is 5.75 Å². The van der Waals surface area contributed by atoms with E-state index in [1.807, 2.05) is 6.07 Å². The number of nitrogens with zero attached hydrogens (tertiary/aromatic N) is 2. The smallest absolute Gasteiger partial charge is 0.332 e. The Kier molecular flexibility index (Phi) is 6.77. The first kappa shape index (κ1) is 19.9. The van der Waals surface area contributed by atoms with Crippen LogP contribution in [0.4, 0.5) is 10.5 Å². The van der Waals surface area contributed by atoms with Crippen LogP contribution >= 0.6 is 22.6 Å². The molecule has 1 heterocycles. The maximum Gasteiger partial charge on any atom is 0.332 e. The molecule has 10 heteroatoms. The predicted molar refractivity (Wildman–Crippen MR) is 101 cm³/mol. The lowest BCUT2D eigenvalue weighted by Gasteiger charge is -2.34. The third-order valence-electron chi connectivity index (χ3n) is 3.78. The monoisotopic (exact) mass is 474 g/mol. The summed E-state index contributed by atoms with van der Waals surface area (Å²) >= 11 is 2.12. The van der Waals surface area contributed by atoms with E-state index in [0.29, 0.717) is 11.4 Å². The number of ether oxygens (including phenoxy) is 1. The number of nitrogens with one attached hydrogen (secondary N) is 1. The van der Waals surface area contributed by atoms with E-state index in [0.717, 1.165) is 8.47 Å². The van der Waals surface area contributed by atoms with E-state index in [1.165, 1.54) is 12.0 Å². The Morgan fingerprint density at radius 2 is 2.04 bits per heavy atom. The van der Waals surface area contributed by atoms with Gasteiger partial charge in [0.25, 0.3) is 0 Å². The van der Waals surface area contributed by atoms with Crippen LogP contribution in [0.1, 0.15) is 19.3 Å². The van der Waals surface area contributed by atoms with E-state index < -0.39 is 17.8 Å². The lowest BCUT2D eigenvalue weighted by molar-refractivity contribution is -0.130. The molecule has 3 N–H and O–H groups in total. The molecule has 1 aromatic rings. The van der Waals surface area contributed by atoms with Gasteiger partial charge in [-0.1, -0.05) is 0 Å². The molecule has 0 aliphatic carbocycles. The average molecular weight is 474 g/mol. The van der Waals surface area contributed by atoms with Gasteiger partial charge in [0.1, 0.15) is 12.4 Å². The molecule has 1 saturated heterocycles. The van der Waals surface area contributed by atoms with Crippen molar-refractivity contribution in [3.8, 4) is 5.75 Å². The highest BCUT2D eigenvalue weighted by Gasteiger charge is 2.34. The number of amides is 5. The van der Waals surface area contributed by atoms with Crippen molar-refractivity contribution in [1.82, 2.24) is 10.2 Å². The Hall–Kier alpha value is -2.37. The number of hydrogen-bond donors (Lipinski definition) is 2. The summed E-state index contributed by atoms with van der Waals surface area (Å²) in [5.74, 6) is -0.930. The second kappa shape index (κ2) is 8.83. The molecule has 0 unspecified atom stereocenters. The van der Waals surface area contributed by atoms with Crippen molar-refractivity contribution in [2.75, 3.05) is 25.2 Å². The number of primary amides is 1.